The van der Waals surface area contributed by atoms with E-state index in [1.807, 2.05) is 6.07 Å². The molecular formula is C13H10Cl2N2S. The van der Waals surface area contributed by atoms with Gasteiger partial charge in [-0.25, -0.2) is 4.98 Å². The zero-order valence-electron chi connectivity index (χ0n) is 9.84. The monoisotopic (exact) mass is 296 g/mol. The smallest absolute Gasteiger partial charge is 0.140 e. The Morgan fingerprint density at radius 1 is 1.11 bits per heavy atom. The number of imidazole rings is 1. The Morgan fingerprint density at radius 2 is 1.83 bits per heavy atom. The number of thiophene rings is 1. The van der Waals surface area contributed by atoms with Crippen molar-refractivity contribution in [3.63, 3.8) is 0 Å². The SMILES string of the molecule is Cc1cc2nc(-c3cc(Cl)sc3Cl)[nH]c2cc1C. The van der Waals surface area contributed by atoms with E-state index in [0.29, 0.717) is 8.67 Å². The van der Waals surface area contributed by atoms with E-state index < -0.39 is 0 Å². The number of hydrogen-bond acceptors (Lipinski definition) is 2. The van der Waals surface area contributed by atoms with E-state index in [1.54, 1.807) is 0 Å². The summed E-state index contributed by atoms with van der Waals surface area (Å²) in [5, 5.41) is 0. The van der Waals surface area contributed by atoms with Crippen LogP contribution < -0.4 is 0 Å². The fourth-order valence-corrected chi connectivity index (χ4v) is 3.36. The Hall–Kier alpha value is -1.03. The first kappa shape index (κ1) is 12.0. The van der Waals surface area contributed by atoms with E-state index >= 15 is 0 Å². The predicted molar refractivity (Wildman–Crippen MR) is 78.9 cm³/mol. The van der Waals surface area contributed by atoms with Crippen LogP contribution in [0, 0.1) is 13.8 Å². The van der Waals surface area contributed by atoms with Crippen LogP contribution in [0.25, 0.3) is 22.4 Å². The van der Waals surface area contributed by atoms with Gasteiger partial charge in [0.15, 0.2) is 0 Å². The van der Waals surface area contributed by atoms with Crippen molar-refractivity contribution in [3.8, 4) is 11.4 Å². The highest BCUT2D eigenvalue weighted by Crippen LogP contribution is 2.37. The molecule has 0 radical (unpaired) electrons. The third kappa shape index (κ3) is 1.92. The second kappa shape index (κ2) is 4.26. The molecule has 92 valence electrons. The molecule has 0 spiro atoms. The van der Waals surface area contributed by atoms with Crippen LogP contribution in [-0.2, 0) is 0 Å². The van der Waals surface area contributed by atoms with Gasteiger partial charge in [-0.2, -0.15) is 0 Å². The molecule has 0 aliphatic rings. The van der Waals surface area contributed by atoms with E-state index in [1.165, 1.54) is 22.5 Å². The fraction of sp³-hybridized carbons (Fsp3) is 0.154. The summed E-state index contributed by atoms with van der Waals surface area (Å²) in [6, 6.07) is 6.02. The summed E-state index contributed by atoms with van der Waals surface area (Å²) < 4.78 is 1.33. The first-order valence-corrected chi connectivity index (χ1v) is 7.04. The van der Waals surface area contributed by atoms with Crippen LogP contribution in [0.3, 0.4) is 0 Å². The van der Waals surface area contributed by atoms with Crippen molar-refractivity contribution in [2.24, 2.45) is 0 Å². The largest absolute Gasteiger partial charge is 0.338 e. The molecule has 1 aromatic carbocycles. The van der Waals surface area contributed by atoms with Crippen molar-refractivity contribution in [1.82, 2.24) is 9.97 Å². The normalized spacial score (nSPS) is 11.3. The maximum atomic E-state index is 6.14. The van der Waals surface area contributed by atoms with Crippen molar-refractivity contribution >= 4 is 45.6 Å². The summed E-state index contributed by atoms with van der Waals surface area (Å²) in [7, 11) is 0. The third-order valence-electron chi connectivity index (χ3n) is 3.01. The van der Waals surface area contributed by atoms with Gasteiger partial charge < -0.3 is 4.98 Å². The molecule has 0 aliphatic carbocycles. The average molecular weight is 297 g/mol. The van der Waals surface area contributed by atoms with E-state index in [-0.39, 0.29) is 0 Å². The number of rotatable bonds is 1. The number of benzene rings is 1. The van der Waals surface area contributed by atoms with Crippen molar-refractivity contribution in [3.05, 3.63) is 38.0 Å². The molecule has 0 fully saturated rings. The van der Waals surface area contributed by atoms with Crippen LogP contribution in [0.15, 0.2) is 18.2 Å². The molecule has 18 heavy (non-hydrogen) atoms. The fourth-order valence-electron chi connectivity index (χ4n) is 1.90. The van der Waals surface area contributed by atoms with Gasteiger partial charge in [-0.1, -0.05) is 23.2 Å². The number of aromatic amines is 1. The van der Waals surface area contributed by atoms with E-state index in [4.69, 9.17) is 23.2 Å². The highest BCUT2D eigenvalue weighted by Gasteiger charge is 2.12. The Balaban J connectivity index is 2.22. The molecule has 2 nitrogen and oxygen atoms in total. The molecule has 0 atom stereocenters. The van der Waals surface area contributed by atoms with E-state index in [0.717, 1.165) is 22.4 Å². The molecule has 2 heterocycles. The quantitative estimate of drug-likeness (QED) is 0.656. The van der Waals surface area contributed by atoms with Crippen molar-refractivity contribution in [2.75, 3.05) is 0 Å². The molecule has 5 heteroatoms. The molecule has 0 saturated carbocycles. The number of nitrogens with one attached hydrogen (secondary N) is 1. The zero-order chi connectivity index (χ0) is 12.9. The molecule has 2 aromatic heterocycles. The number of halogens is 2. The van der Waals surface area contributed by atoms with Gasteiger partial charge in [0.25, 0.3) is 0 Å². The van der Waals surface area contributed by atoms with Gasteiger partial charge in [-0.05, 0) is 43.2 Å². The first-order valence-electron chi connectivity index (χ1n) is 5.47. The lowest BCUT2D eigenvalue weighted by molar-refractivity contribution is 1.35. The summed E-state index contributed by atoms with van der Waals surface area (Å²) in [5.74, 6) is 0.767. The maximum Gasteiger partial charge on any atom is 0.140 e. The molecule has 1 N–H and O–H groups in total. The summed E-state index contributed by atoms with van der Waals surface area (Å²) in [6.45, 7) is 4.17. The highest BCUT2D eigenvalue weighted by atomic mass is 35.5. The lowest BCUT2D eigenvalue weighted by Crippen LogP contribution is -1.79. The number of H-pyrrole nitrogens is 1. The van der Waals surface area contributed by atoms with E-state index in [2.05, 4.69) is 35.9 Å². The van der Waals surface area contributed by atoms with Crippen LogP contribution in [-0.4, -0.2) is 9.97 Å². The average Bonchev–Trinajstić information content (AvgIpc) is 2.82. The van der Waals surface area contributed by atoms with Crippen LogP contribution in [0.2, 0.25) is 8.67 Å². The summed E-state index contributed by atoms with van der Waals surface area (Å²) >= 11 is 13.5. The molecule has 3 rings (SSSR count). The van der Waals surface area contributed by atoms with Gasteiger partial charge in [0, 0.05) is 5.56 Å². The third-order valence-corrected chi connectivity index (χ3v) is 4.50. The summed E-state index contributed by atoms with van der Waals surface area (Å²) in [6.07, 6.45) is 0. The van der Waals surface area contributed by atoms with Gasteiger partial charge in [0.1, 0.15) is 10.2 Å². The van der Waals surface area contributed by atoms with Gasteiger partial charge in [-0.15, -0.1) is 11.3 Å². The lowest BCUT2D eigenvalue weighted by Gasteiger charge is -1.97. The lowest BCUT2D eigenvalue weighted by atomic mass is 10.1. The zero-order valence-corrected chi connectivity index (χ0v) is 12.2. The number of fused-ring (bicyclic) bond motifs is 1. The Labute approximate surface area is 119 Å². The topological polar surface area (TPSA) is 28.7 Å². The van der Waals surface area contributed by atoms with Crippen LogP contribution in [0.1, 0.15) is 11.1 Å². The second-order valence-corrected chi connectivity index (χ2v) is 6.56. The summed E-state index contributed by atoms with van der Waals surface area (Å²) in [4.78, 5) is 7.85. The van der Waals surface area contributed by atoms with Crippen molar-refractivity contribution < 1.29 is 0 Å². The van der Waals surface area contributed by atoms with Gasteiger partial charge in [0.2, 0.25) is 0 Å². The molecule has 0 amide bonds. The number of aromatic nitrogens is 2. The molecule has 0 saturated heterocycles. The maximum absolute atomic E-state index is 6.14. The van der Waals surface area contributed by atoms with Crippen molar-refractivity contribution in [2.45, 2.75) is 13.8 Å². The number of hydrogen-bond donors (Lipinski definition) is 1. The van der Waals surface area contributed by atoms with E-state index in [9.17, 15) is 0 Å². The number of aryl methyl sites for hydroxylation is 2. The molecule has 3 aromatic rings. The molecular weight excluding hydrogens is 287 g/mol. The first-order chi connectivity index (χ1) is 8.54. The summed E-state index contributed by atoms with van der Waals surface area (Å²) in [5.41, 5.74) is 5.30. The second-order valence-electron chi connectivity index (χ2n) is 4.28. The van der Waals surface area contributed by atoms with Crippen LogP contribution >= 0.6 is 34.5 Å². The van der Waals surface area contributed by atoms with Crippen LogP contribution in [0.4, 0.5) is 0 Å². The molecule has 0 bridgehead atoms. The minimum Gasteiger partial charge on any atom is -0.338 e. The highest BCUT2D eigenvalue weighted by molar-refractivity contribution is 7.20. The van der Waals surface area contributed by atoms with Gasteiger partial charge in [-0.3, -0.25) is 0 Å². The Bertz CT molecular complexity index is 704. The Kier molecular flexibility index (Phi) is 2.85. The Morgan fingerprint density at radius 3 is 2.50 bits per heavy atom. The van der Waals surface area contributed by atoms with Crippen molar-refractivity contribution in [1.29, 1.82) is 0 Å². The van der Waals surface area contributed by atoms with Crippen LogP contribution in [0.5, 0.6) is 0 Å². The minimum atomic E-state index is 0.660. The minimum absolute atomic E-state index is 0.660. The van der Waals surface area contributed by atoms with Gasteiger partial charge >= 0.3 is 0 Å². The standard InChI is InChI=1S/C13H10Cl2N2S/c1-6-3-9-10(4-7(6)2)17-13(16-9)8-5-11(14)18-12(8)15/h3-5H,1-2H3,(H,16,17). The van der Waals surface area contributed by atoms with Gasteiger partial charge in [0.05, 0.1) is 15.4 Å². The molecule has 0 unspecified atom stereocenters. The number of nitrogens with zero attached hydrogens (tertiary/aromatic N) is 1. The molecule has 0 aliphatic heterocycles. The predicted octanol–water partition coefficient (Wildman–Crippen LogP) is 5.22.